The highest BCUT2D eigenvalue weighted by atomic mass is 16.5. The van der Waals surface area contributed by atoms with Gasteiger partial charge in [-0.15, -0.1) is 0 Å². The summed E-state index contributed by atoms with van der Waals surface area (Å²) in [6.45, 7) is 0.611. The van der Waals surface area contributed by atoms with Gasteiger partial charge in [0, 0.05) is 23.9 Å². The van der Waals surface area contributed by atoms with Crippen LogP contribution in [0, 0.1) is 0 Å². The van der Waals surface area contributed by atoms with E-state index >= 15 is 0 Å². The molecule has 2 N–H and O–H groups in total. The third-order valence-corrected chi connectivity index (χ3v) is 1.98. The molecule has 2 heterocycles. The van der Waals surface area contributed by atoms with E-state index in [-0.39, 0.29) is 0 Å². The first-order valence-corrected chi connectivity index (χ1v) is 4.45. The molecule has 2 aromatic heterocycles. The molecule has 0 saturated carbocycles. The van der Waals surface area contributed by atoms with Crippen molar-refractivity contribution in [3.8, 4) is 11.1 Å². The molecule has 0 aliphatic rings. The Bertz CT molecular complexity index is 398. The lowest BCUT2D eigenvalue weighted by molar-refractivity contribution is 0.420. The summed E-state index contributed by atoms with van der Waals surface area (Å²) >= 11 is 0. The summed E-state index contributed by atoms with van der Waals surface area (Å²) in [7, 11) is 0. The van der Waals surface area contributed by atoms with Crippen LogP contribution in [0.5, 0.6) is 0 Å². The maximum Gasteiger partial charge on any atom is 0.131 e. The van der Waals surface area contributed by atoms with E-state index in [1.807, 2.05) is 12.1 Å². The van der Waals surface area contributed by atoms with E-state index in [0.29, 0.717) is 6.54 Å². The van der Waals surface area contributed by atoms with Crippen LogP contribution in [0.15, 0.2) is 35.3 Å². The second kappa shape index (κ2) is 4.02. The third-order valence-electron chi connectivity index (χ3n) is 1.98. The van der Waals surface area contributed by atoms with Gasteiger partial charge in [0.15, 0.2) is 0 Å². The highest BCUT2D eigenvalue weighted by molar-refractivity contribution is 5.60. The van der Waals surface area contributed by atoms with Crippen LogP contribution in [-0.2, 0) is 6.42 Å². The number of hydrogen-bond donors (Lipinski definition) is 1. The molecule has 0 fully saturated rings. The van der Waals surface area contributed by atoms with Gasteiger partial charge in [-0.1, -0.05) is 5.16 Å². The fraction of sp³-hybridized carbons (Fsp3) is 0.200. The Hall–Kier alpha value is -1.68. The first-order valence-electron chi connectivity index (χ1n) is 4.45. The molecule has 0 atom stereocenters. The van der Waals surface area contributed by atoms with E-state index in [9.17, 15) is 0 Å². The van der Waals surface area contributed by atoms with Crippen LogP contribution < -0.4 is 5.73 Å². The van der Waals surface area contributed by atoms with E-state index in [2.05, 4.69) is 10.1 Å². The maximum atomic E-state index is 5.46. The van der Waals surface area contributed by atoms with E-state index in [1.165, 1.54) is 0 Å². The topological polar surface area (TPSA) is 64.9 Å². The van der Waals surface area contributed by atoms with Crippen molar-refractivity contribution < 1.29 is 4.52 Å². The Balaban J connectivity index is 2.31. The summed E-state index contributed by atoms with van der Waals surface area (Å²) in [5, 5.41) is 3.65. The Morgan fingerprint density at radius 2 is 2.29 bits per heavy atom. The van der Waals surface area contributed by atoms with E-state index in [1.54, 1.807) is 18.7 Å². The van der Waals surface area contributed by atoms with Crippen LogP contribution in [-0.4, -0.2) is 16.7 Å². The average Bonchev–Trinajstić information content (AvgIpc) is 2.71. The van der Waals surface area contributed by atoms with Gasteiger partial charge < -0.3 is 10.3 Å². The van der Waals surface area contributed by atoms with Crippen molar-refractivity contribution in [2.75, 3.05) is 6.54 Å². The molecule has 0 aliphatic carbocycles. The summed E-state index contributed by atoms with van der Waals surface area (Å²) in [5.74, 6) is 0. The van der Waals surface area contributed by atoms with Crippen molar-refractivity contribution in [3.63, 3.8) is 0 Å². The molecule has 0 unspecified atom stereocenters. The molecule has 14 heavy (non-hydrogen) atoms. The van der Waals surface area contributed by atoms with Crippen LogP contribution in [0.1, 0.15) is 5.69 Å². The fourth-order valence-corrected chi connectivity index (χ4v) is 1.29. The minimum Gasteiger partial charge on any atom is -0.364 e. The quantitative estimate of drug-likeness (QED) is 0.788. The van der Waals surface area contributed by atoms with E-state index in [0.717, 1.165) is 23.2 Å². The Labute approximate surface area is 81.7 Å². The third kappa shape index (κ3) is 1.80. The summed E-state index contributed by atoms with van der Waals surface area (Å²) in [4.78, 5) is 4.21. The Morgan fingerprint density at radius 3 is 3.00 bits per heavy atom. The predicted octanol–water partition coefficient (Wildman–Crippen LogP) is 1.24. The number of aromatic nitrogens is 2. The molecule has 0 aromatic carbocycles. The predicted molar refractivity (Wildman–Crippen MR) is 52.5 cm³/mol. The maximum absolute atomic E-state index is 5.46. The summed E-state index contributed by atoms with van der Waals surface area (Å²) in [6.07, 6.45) is 5.86. The van der Waals surface area contributed by atoms with Crippen LogP contribution in [0.2, 0.25) is 0 Å². The van der Waals surface area contributed by atoms with Crippen LogP contribution in [0.4, 0.5) is 0 Å². The van der Waals surface area contributed by atoms with Crippen molar-refractivity contribution in [3.05, 3.63) is 36.5 Å². The highest BCUT2D eigenvalue weighted by Gasteiger charge is 2.01. The number of pyridine rings is 1. The molecular weight excluding hydrogens is 178 g/mol. The molecule has 0 saturated heterocycles. The van der Waals surface area contributed by atoms with E-state index in [4.69, 9.17) is 10.3 Å². The SMILES string of the molecule is NCCc1cc(-c2cnoc2)ccn1. The van der Waals surface area contributed by atoms with Crippen molar-refractivity contribution >= 4 is 0 Å². The van der Waals surface area contributed by atoms with Crippen LogP contribution in [0.3, 0.4) is 0 Å². The van der Waals surface area contributed by atoms with Gasteiger partial charge in [-0.05, 0) is 24.2 Å². The van der Waals surface area contributed by atoms with Gasteiger partial charge in [0.1, 0.15) is 6.26 Å². The van der Waals surface area contributed by atoms with Gasteiger partial charge >= 0.3 is 0 Å². The molecular formula is C10H11N3O. The molecule has 0 radical (unpaired) electrons. The smallest absolute Gasteiger partial charge is 0.131 e. The van der Waals surface area contributed by atoms with Gasteiger partial charge in [0.05, 0.1) is 6.20 Å². The summed E-state index contributed by atoms with van der Waals surface area (Å²) in [6, 6.07) is 3.92. The van der Waals surface area contributed by atoms with Gasteiger partial charge in [0.2, 0.25) is 0 Å². The Kier molecular flexibility index (Phi) is 2.55. The standard InChI is InChI=1S/C10H11N3O/c11-3-1-10-5-8(2-4-12-10)9-6-13-14-7-9/h2,4-7H,1,3,11H2. The van der Waals surface area contributed by atoms with E-state index < -0.39 is 0 Å². The molecule has 2 rings (SSSR count). The molecule has 0 spiro atoms. The number of nitrogens with zero attached hydrogens (tertiary/aromatic N) is 2. The molecule has 4 heteroatoms. The lowest BCUT2D eigenvalue weighted by Crippen LogP contribution is -2.04. The molecule has 0 bridgehead atoms. The van der Waals surface area contributed by atoms with Gasteiger partial charge in [-0.25, -0.2) is 0 Å². The first-order chi connectivity index (χ1) is 6.90. The molecule has 4 nitrogen and oxygen atoms in total. The zero-order valence-corrected chi connectivity index (χ0v) is 7.68. The molecule has 0 amide bonds. The second-order valence-electron chi connectivity index (χ2n) is 2.99. The molecule has 0 aliphatic heterocycles. The summed E-state index contributed by atoms with van der Waals surface area (Å²) < 4.78 is 4.77. The normalized spacial score (nSPS) is 10.4. The lowest BCUT2D eigenvalue weighted by atomic mass is 10.1. The first kappa shape index (κ1) is 8.90. The van der Waals surface area contributed by atoms with Gasteiger partial charge in [-0.3, -0.25) is 4.98 Å². The highest BCUT2D eigenvalue weighted by Crippen LogP contribution is 2.18. The minimum absolute atomic E-state index is 0.611. The van der Waals surface area contributed by atoms with Gasteiger partial charge in [0.25, 0.3) is 0 Å². The minimum atomic E-state index is 0.611. The number of hydrogen-bond acceptors (Lipinski definition) is 4. The lowest BCUT2D eigenvalue weighted by Gasteiger charge is -2.00. The summed E-state index contributed by atoms with van der Waals surface area (Å²) in [5.41, 5.74) is 8.47. The van der Waals surface area contributed by atoms with Crippen molar-refractivity contribution in [2.24, 2.45) is 5.73 Å². The second-order valence-corrected chi connectivity index (χ2v) is 2.99. The monoisotopic (exact) mass is 189 g/mol. The molecule has 2 aromatic rings. The van der Waals surface area contributed by atoms with Crippen molar-refractivity contribution in [1.82, 2.24) is 10.1 Å². The Morgan fingerprint density at radius 1 is 1.36 bits per heavy atom. The largest absolute Gasteiger partial charge is 0.364 e. The van der Waals surface area contributed by atoms with Crippen LogP contribution >= 0.6 is 0 Å². The van der Waals surface area contributed by atoms with Gasteiger partial charge in [-0.2, -0.15) is 0 Å². The van der Waals surface area contributed by atoms with Crippen molar-refractivity contribution in [1.29, 1.82) is 0 Å². The average molecular weight is 189 g/mol. The zero-order valence-electron chi connectivity index (χ0n) is 7.68. The number of nitrogens with two attached hydrogens (primary N) is 1. The molecule has 72 valence electrons. The fourth-order valence-electron chi connectivity index (χ4n) is 1.29. The number of rotatable bonds is 3. The zero-order chi connectivity index (χ0) is 9.80. The van der Waals surface area contributed by atoms with Crippen molar-refractivity contribution in [2.45, 2.75) is 6.42 Å². The van der Waals surface area contributed by atoms with Crippen LogP contribution in [0.25, 0.3) is 11.1 Å².